The van der Waals surface area contributed by atoms with Gasteiger partial charge in [0.2, 0.25) is 0 Å². The van der Waals surface area contributed by atoms with Crippen LogP contribution in [0, 0.1) is 0 Å². The number of halogens is 1. The lowest BCUT2D eigenvalue weighted by molar-refractivity contribution is 0.273. The van der Waals surface area contributed by atoms with E-state index in [1.807, 2.05) is 12.1 Å². The van der Waals surface area contributed by atoms with E-state index >= 15 is 0 Å². The number of aliphatic hydroxyl groups is 1. The topological polar surface area (TPSA) is 48.9 Å². The van der Waals surface area contributed by atoms with Gasteiger partial charge in [-0.1, -0.05) is 17.7 Å². The van der Waals surface area contributed by atoms with Gasteiger partial charge in [0.05, 0.1) is 16.1 Å². The first-order valence-corrected chi connectivity index (χ1v) is 3.93. The van der Waals surface area contributed by atoms with Crippen LogP contribution in [0.1, 0.15) is 5.82 Å². The highest BCUT2D eigenvalue weighted by Gasteiger charge is 2.03. The summed E-state index contributed by atoms with van der Waals surface area (Å²) < 4.78 is 0. The normalized spacial score (nSPS) is 10.8. The number of H-pyrrole nitrogens is 1. The SMILES string of the molecule is OCc1nc2cccc(Cl)c2[nH]1. The maximum atomic E-state index is 8.79. The van der Waals surface area contributed by atoms with Crippen molar-refractivity contribution in [2.45, 2.75) is 6.61 Å². The molecule has 0 saturated heterocycles. The molecule has 1 aromatic carbocycles. The minimum Gasteiger partial charge on any atom is -0.388 e. The Balaban J connectivity index is 2.74. The van der Waals surface area contributed by atoms with Gasteiger partial charge in [-0.2, -0.15) is 0 Å². The van der Waals surface area contributed by atoms with E-state index in [1.165, 1.54) is 0 Å². The number of nitrogens with zero attached hydrogens (tertiary/aromatic N) is 1. The molecule has 12 heavy (non-hydrogen) atoms. The van der Waals surface area contributed by atoms with Crippen molar-refractivity contribution in [1.82, 2.24) is 9.97 Å². The number of aromatic amines is 1. The Bertz CT molecular complexity index is 410. The zero-order chi connectivity index (χ0) is 8.55. The van der Waals surface area contributed by atoms with Gasteiger partial charge in [-0.25, -0.2) is 4.98 Å². The van der Waals surface area contributed by atoms with Gasteiger partial charge in [0.15, 0.2) is 0 Å². The molecule has 2 aromatic rings. The van der Waals surface area contributed by atoms with E-state index in [-0.39, 0.29) is 6.61 Å². The lowest BCUT2D eigenvalue weighted by Crippen LogP contribution is -1.83. The number of nitrogens with one attached hydrogen (secondary N) is 1. The predicted molar refractivity (Wildman–Crippen MR) is 47.0 cm³/mol. The lowest BCUT2D eigenvalue weighted by Gasteiger charge is -1.88. The van der Waals surface area contributed by atoms with Gasteiger partial charge < -0.3 is 10.1 Å². The molecule has 0 saturated carbocycles. The number of imidazole rings is 1. The van der Waals surface area contributed by atoms with E-state index in [4.69, 9.17) is 16.7 Å². The number of para-hydroxylation sites is 1. The standard InChI is InChI=1S/C8H7ClN2O/c9-5-2-1-3-6-8(5)11-7(4-12)10-6/h1-3,12H,4H2,(H,10,11). The van der Waals surface area contributed by atoms with Crippen LogP contribution in [0.5, 0.6) is 0 Å². The Morgan fingerprint density at radius 1 is 1.50 bits per heavy atom. The van der Waals surface area contributed by atoms with Crippen molar-refractivity contribution >= 4 is 22.6 Å². The van der Waals surface area contributed by atoms with Crippen LogP contribution in [0.2, 0.25) is 5.02 Å². The molecule has 3 nitrogen and oxygen atoms in total. The van der Waals surface area contributed by atoms with Crippen LogP contribution in [0.4, 0.5) is 0 Å². The average molecular weight is 183 g/mol. The van der Waals surface area contributed by atoms with Gasteiger partial charge in [-0.05, 0) is 12.1 Å². The summed E-state index contributed by atoms with van der Waals surface area (Å²) in [4.78, 5) is 7.02. The molecule has 0 amide bonds. The quantitative estimate of drug-likeness (QED) is 0.706. The fourth-order valence-electron chi connectivity index (χ4n) is 1.12. The Hall–Kier alpha value is -1.06. The lowest BCUT2D eigenvalue weighted by atomic mass is 10.3. The highest BCUT2D eigenvalue weighted by atomic mass is 35.5. The molecule has 0 spiro atoms. The average Bonchev–Trinajstić information content (AvgIpc) is 2.49. The van der Waals surface area contributed by atoms with Gasteiger partial charge in [0.25, 0.3) is 0 Å². The van der Waals surface area contributed by atoms with Gasteiger partial charge in [0.1, 0.15) is 12.4 Å². The first-order chi connectivity index (χ1) is 5.81. The molecule has 0 atom stereocenters. The highest BCUT2D eigenvalue weighted by molar-refractivity contribution is 6.34. The van der Waals surface area contributed by atoms with Crippen LogP contribution >= 0.6 is 11.6 Å². The van der Waals surface area contributed by atoms with Crippen LogP contribution in [-0.2, 0) is 6.61 Å². The molecule has 62 valence electrons. The largest absolute Gasteiger partial charge is 0.388 e. The van der Waals surface area contributed by atoms with Crippen molar-refractivity contribution in [3.63, 3.8) is 0 Å². The molecule has 0 radical (unpaired) electrons. The summed E-state index contributed by atoms with van der Waals surface area (Å²) in [5.41, 5.74) is 1.56. The van der Waals surface area contributed by atoms with Crippen molar-refractivity contribution in [2.24, 2.45) is 0 Å². The molecule has 0 fully saturated rings. The Morgan fingerprint density at radius 3 is 3.00 bits per heavy atom. The van der Waals surface area contributed by atoms with Crippen molar-refractivity contribution in [1.29, 1.82) is 0 Å². The molecule has 0 unspecified atom stereocenters. The summed E-state index contributed by atoms with van der Waals surface area (Å²) >= 11 is 5.87. The number of aliphatic hydroxyl groups excluding tert-OH is 1. The number of fused-ring (bicyclic) bond motifs is 1. The Kier molecular flexibility index (Phi) is 1.75. The second-order valence-corrected chi connectivity index (χ2v) is 2.88. The van der Waals surface area contributed by atoms with Crippen molar-refractivity contribution in [2.75, 3.05) is 0 Å². The van der Waals surface area contributed by atoms with E-state index in [2.05, 4.69) is 9.97 Å². The number of hydrogen-bond acceptors (Lipinski definition) is 2. The zero-order valence-corrected chi connectivity index (χ0v) is 6.97. The summed E-state index contributed by atoms with van der Waals surface area (Å²) in [7, 11) is 0. The minimum absolute atomic E-state index is 0.0923. The summed E-state index contributed by atoms with van der Waals surface area (Å²) in [6, 6.07) is 5.45. The minimum atomic E-state index is -0.0923. The Labute approximate surface area is 74.0 Å². The molecule has 1 heterocycles. The molecule has 4 heteroatoms. The van der Waals surface area contributed by atoms with E-state index in [0.717, 1.165) is 11.0 Å². The van der Waals surface area contributed by atoms with Crippen molar-refractivity contribution < 1.29 is 5.11 Å². The van der Waals surface area contributed by atoms with Crippen LogP contribution in [0.25, 0.3) is 11.0 Å². The zero-order valence-electron chi connectivity index (χ0n) is 6.21. The molecular weight excluding hydrogens is 176 g/mol. The van der Waals surface area contributed by atoms with Crippen molar-refractivity contribution in [3.8, 4) is 0 Å². The van der Waals surface area contributed by atoms with E-state index in [0.29, 0.717) is 10.8 Å². The maximum Gasteiger partial charge on any atom is 0.133 e. The van der Waals surface area contributed by atoms with E-state index in [1.54, 1.807) is 6.07 Å². The maximum absolute atomic E-state index is 8.79. The third-order valence-corrected chi connectivity index (χ3v) is 1.98. The Morgan fingerprint density at radius 2 is 2.33 bits per heavy atom. The monoisotopic (exact) mass is 182 g/mol. The van der Waals surface area contributed by atoms with Crippen LogP contribution in [-0.4, -0.2) is 15.1 Å². The van der Waals surface area contributed by atoms with Crippen LogP contribution in [0.15, 0.2) is 18.2 Å². The molecule has 0 aliphatic rings. The van der Waals surface area contributed by atoms with Gasteiger partial charge >= 0.3 is 0 Å². The summed E-state index contributed by atoms with van der Waals surface area (Å²) in [5.74, 6) is 0.540. The number of benzene rings is 1. The predicted octanol–water partition coefficient (Wildman–Crippen LogP) is 1.71. The number of rotatable bonds is 1. The third kappa shape index (κ3) is 1.07. The summed E-state index contributed by atoms with van der Waals surface area (Å²) in [5, 5.41) is 9.42. The van der Waals surface area contributed by atoms with E-state index in [9.17, 15) is 0 Å². The fraction of sp³-hybridized carbons (Fsp3) is 0.125. The summed E-state index contributed by atoms with van der Waals surface area (Å²) in [6.07, 6.45) is 0. The molecule has 0 aliphatic heterocycles. The molecule has 2 N–H and O–H groups in total. The molecular formula is C8H7ClN2O. The van der Waals surface area contributed by atoms with Crippen molar-refractivity contribution in [3.05, 3.63) is 29.0 Å². The first-order valence-electron chi connectivity index (χ1n) is 3.55. The first kappa shape index (κ1) is 7.58. The second-order valence-electron chi connectivity index (χ2n) is 2.48. The van der Waals surface area contributed by atoms with Crippen LogP contribution < -0.4 is 0 Å². The highest BCUT2D eigenvalue weighted by Crippen LogP contribution is 2.20. The second kappa shape index (κ2) is 2.77. The molecule has 0 aliphatic carbocycles. The third-order valence-electron chi connectivity index (χ3n) is 1.67. The smallest absolute Gasteiger partial charge is 0.133 e. The number of aromatic nitrogens is 2. The summed E-state index contributed by atoms with van der Waals surface area (Å²) in [6.45, 7) is -0.0923. The van der Waals surface area contributed by atoms with Gasteiger partial charge in [0, 0.05) is 0 Å². The fourth-order valence-corrected chi connectivity index (χ4v) is 1.34. The molecule has 2 rings (SSSR count). The van der Waals surface area contributed by atoms with Gasteiger partial charge in [-0.3, -0.25) is 0 Å². The molecule has 1 aromatic heterocycles. The van der Waals surface area contributed by atoms with Crippen LogP contribution in [0.3, 0.4) is 0 Å². The molecule has 0 bridgehead atoms. The number of hydrogen-bond donors (Lipinski definition) is 2. The van der Waals surface area contributed by atoms with Gasteiger partial charge in [-0.15, -0.1) is 0 Å². The van der Waals surface area contributed by atoms with E-state index < -0.39 is 0 Å².